The normalized spacial score (nSPS) is 13.0. The molecule has 4 nitrogen and oxygen atoms in total. The Kier molecular flexibility index (Phi) is 4.62. The van der Waals surface area contributed by atoms with Gasteiger partial charge in [0, 0.05) is 25.5 Å². The van der Waals surface area contributed by atoms with Gasteiger partial charge in [0.1, 0.15) is 0 Å². The van der Waals surface area contributed by atoms with Crippen LogP contribution < -0.4 is 5.69 Å². The summed E-state index contributed by atoms with van der Waals surface area (Å²) in [6, 6.07) is 0. The van der Waals surface area contributed by atoms with Gasteiger partial charge in [0.25, 0.3) is 0 Å². The second-order valence-electron chi connectivity index (χ2n) is 3.96. The SMILES string of the molecule is CCCn1ccn(CCCC(C)O)c1=O. The number of aromatic nitrogens is 2. The average Bonchev–Trinajstić information content (AvgIpc) is 2.50. The second-order valence-corrected chi connectivity index (χ2v) is 3.96. The number of rotatable bonds is 6. The highest BCUT2D eigenvalue weighted by molar-refractivity contribution is 4.81. The highest BCUT2D eigenvalue weighted by Crippen LogP contribution is 1.98. The third-order valence-electron chi connectivity index (χ3n) is 2.40. The lowest BCUT2D eigenvalue weighted by Gasteiger charge is -2.04. The van der Waals surface area contributed by atoms with Gasteiger partial charge < -0.3 is 5.11 Å². The fourth-order valence-corrected chi connectivity index (χ4v) is 1.59. The lowest BCUT2D eigenvalue weighted by Crippen LogP contribution is -2.24. The number of hydrogen-bond acceptors (Lipinski definition) is 2. The molecule has 0 radical (unpaired) electrons. The van der Waals surface area contributed by atoms with Crippen LogP contribution in [0.15, 0.2) is 17.2 Å². The average molecular weight is 212 g/mol. The molecule has 1 heterocycles. The van der Waals surface area contributed by atoms with Crippen molar-refractivity contribution < 1.29 is 5.11 Å². The second kappa shape index (κ2) is 5.75. The standard InChI is InChI=1S/C11H20N2O2/c1-3-6-12-8-9-13(11(12)15)7-4-5-10(2)14/h8-10,14H,3-7H2,1-2H3. The van der Waals surface area contributed by atoms with Crippen LogP contribution in [0, 0.1) is 0 Å². The smallest absolute Gasteiger partial charge is 0.328 e. The number of imidazole rings is 1. The molecule has 1 N–H and O–H groups in total. The van der Waals surface area contributed by atoms with E-state index in [-0.39, 0.29) is 11.8 Å². The molecule has 86 valence electrons. The molecule has 1 atom stereocenters. The summed E-state index contributed by atoms with van der Waals surface area (Å²) in [7, 11) is 0. The van der Waals surface area contributed by atoms with E-state index in [1.807, 2.05) is 12.4 Å². The summed E-state index contributed by atoms with van der Waals surface area (Å²) in [6.07, 6.45) is 5.92. The summed E-state index contributed by atoms with van der Waals surface area (Å²) in [6.45, 7) is 5.30. The van der Waals surface area contributed by atoms with Gasteiger partial charge >= 0.3 is 5.69 Å². The third-order valence-corrected chi connectivity index (χ3v) is 2.40. The molecule has 4 heteroatoms. The number of aliphatic hydroxyl groups is 1. The van der Waals surface area contributed by atoms with Crippen molar-refractivity contribution in [1.82, 2.24) is 9.13 Å². The topological polar surface area (TPSA) is 47.2 Å². The molecule has 1 aromatic heterocycles. The van der Waals surface area contributed by atoms with Crippen LogP contribution in [0.2, 0.25) is 0 Å². The van der Waals surface area contributed by atoms with Crippen LogP contribution >= 0.6 is 0 Å². The first-order chi connectivity index (χ1) is 7.15. The molecule has 0 amide bonds. The van der Waals surface area contributed by atoms with E-state index in [4.69, 9.17) is 5.11 Å². The molecule has 0 aliphatic rings. The molecule has 0 saturated heterocycles. The fraction of sp³-hybridized carbons (Fsp3) is 0.727. The fourth-order valence-electron chi connectivity index (χ4n) is 1.59. The van der Waals surface area contributed by atoms with Gasteiger partial charge in [0.2, 0.25) is 0 Å². The zero-order chi connectivity index (χ0) is 11.3. The number of aryl methyl sites for hydroxylation is 2. The Morgan fingerprint density at radius 2 is 1.93 bits per heavy atom. The van der Waals surface area contributed by atoms with E-state index in [9.17, 15) is 4.79 Å². The van der Waals surface area contributed by atoms with Gasteiger partial charge in [-0.15, -0.1) is 0 Å². The summed E-state index contributed by atoms with van der Waals surface area (Å²) in [5, 5.41) is 9.10. The minimum Gasteiger partial charge on any atom is -0.393 e. The van der Waals surface area contributed by atoms with Crippen LogP contribution in [0.1, 0.15) is 33.1 Å². The Bertz CT molecular complexity index is 339. The van der Waals surface area contributed by atoms with Crippen LogP contribution in [0.3, 0.4) is 0 Å². The monoisotopic (exact) mass is 212 g/mol. The summed E-state index contributed by atoms with van der Waals surface area (Å²) in [4.78, 5) is 11.7. The highest BCUT2D eigenvalue weighted by atomic mass is 16.3. The Morgan fingerprint density at radius 1 is 1.33 bits per heavy atom. The predicted octanol–water partition coefficient (Wildman–Crippen LogP) is 1.22. The maximum atomic E-state index is 11.7. The summed E-state index contributed by atoms with van der Waals surface area (Å²) < 4.78 is 3.43. The first-order valence-corrected chi connectivity index (χ1v) is 5.58. The van der Waals surface area contributed by atoms with E-state index in [2.05, 4.69) is 6.92 Å². The lowest BCUT2D eigenvalue weighted by molar-refractivity contribution is 0.179. The third kappa shape index (κ3) is 3.55. The van der Waals surface area contributed by atoms with E-state index in [0.717, 1.165) is 25.8 Å². The summed E-state index contributed by atoms with van der Waals surface area (Å²) >= 11 is 0. The minimum absolute atomic E-state index is 0.0578. The first-order valence-electron chi connectivity index (χ1n) is 5.58. The first kappa shape index (κ1) is 12.0. The maximum Gasteiger partial charge on any atom is 0.328 e. The molecule has 0 bridgehead atoms. The van der Waals surface area contributed by atoms with Crippen molar-refractivity contribution in [2.75, 3.05) is 0 Å². The van der Waals surface area contributed by atoms with E-state index in [1.165, 1.54) is 0 Å². The van der Waals surface area contributed by atoms with Crippen molar-refractivity contribution >= 4 is 0 Å². The quantitative estimate of drug-likeness (QED) is 0.770. The molecule has 15 heavy (non-hydrogen) atoms. The Balaban J connectivity index is 2.51. The van der Waals surface area contributed by atoms with E-state index in [1.54, 1.807) is 16.1 Å². The van der Waals surface area contributed by atoms with E-state index in [0.29, 0.717) is 6.54 Å². The van der Waals surface area contributed by atoms with Crippen molar-refractivity contribution in [2.45, 2.75) is 52.3 Å². The van der Waals surface area contributed by atoms with Crippen LogP contribution in [0.5, 0.6) is 0 Å². The Morgan fingerprint density at radius 3 is 2.47 bits per heavy atom. The maximum absolute atomic E-state index is 11.7. The molecule has 1 rings (SSSR count). The van der Waals surface area contributed by atoms with Crippen molar-refractivity contribution in [3.63, 3.8) is 0 Å². The van der Waals surface area contributed by atoms with Gasteiger partial charge in [-0.25, -0.2) is 4.79 Å². The van der Waals surface area contributed by atoms with E-state index < -0.39 is 0 Å². The molecule has 0 fully saturated rings. The summed E-state index contributed by atoms with van der Waals surface area (Å²) in [5.41, 5.74) is 0.0578. The van der Waals surface area contributed by atoms with Crippen molar-refractivity contribution in [1.29, 1.82) is 0 Å². The molecule has 1 aromatic rings. The van der Waals surface area contributed by atoms with Gasteiger partial charge in [-0.1, -0.05) is 6.92 Å². The Hall–Kier alpha value is -1.03. The zero-order valence-electron chi connectivity index (χ0n) is 9.52. The van der Waals surface area contributed by atoms with Crippen molar-refractivity contribution in [2.24, 2.45) is 0 Å². The zero-order valence-corrected chi connectivity index (χ0v) is 9.52. The van der Waals surface area contributed by atoms with Crippen LogP contribution in [0.4, 0.5) is 0 Å². The van der Waals surface area contributed by atoms with Crippen molar-refractivity contribution in [3.8, 4) is 0 Å². The molecule has 0 aliphatic carbocycles. The Labute approximate surface area is 90.2 Å². The molecule has 0 aromatic carbocycles. The minimum atomic E-state index is -0.279. The molecule has 1 unspecified atom stereocenters. The predicted molar refractivity (Wildman–Crippen MR) is 59.9 cm³/mol. The van der Waals surface area contributed by atoms with E-state index >= 15 is 0 Å². The van der Waals surface area contributed by atoms with Gasteiger partial charge in [-0.2, -0.15) is 0 Å². The number of aliphatic hydroxyl groups excluding tert-OH is 1. The van der Waals surface area contributed by atoms with Crippen molar-refractivity contribution in [3.05, 3.63) is 22.9 Å². The van der Waals surface area contributed by atoms with Crippen LogP contribution in [0.25, 0.3) is 0 Å². The van der Waals surface area contributed by atoms with Crippen LogP contribution in [-0.4, -0.2) is 20.3 Å². The van der Waals surface area contributed by atoms with Gasteiger partial charge in [-0.3, -0.25) is 9.13 Å². The lowest BCUT2D eigenvalue weighted by atomic mass is 10.2. The molecular weight excluding hydrogens is 192 g/mol. The van der Waals surface area contributed by atoms with Gasteiger partial charge in [0.05, 0.1) is 6.10 Å². The molecular formula is C11H20N2O2. The van der Waals surface area contributed by atoms with Gasteiger partial charge in [-0.05, 0) is 26.2 Å². The number of hydrogen-bond donors (Lipinski definition) is 1. The van der Waals surface area contributed by atoms with Gasteiger partial charge in [0.15, 0.2) is 0 Å². The highest BCUT2D eigenvalue weighted by Gasteiger charge is 2.02. The van der Waals surface area contributed by atoms with Crippen LogP contribution in [-0.2, 0) is 13.1 Å². The molecule has 0 aliphatic heterocycles. The molecule has 0 saturated carbocycles. The largest absolute Gasteiger partial charge is 0.393 e. The summed E-state index contributed by atoms with van der Waals surface area (Å²) in [5.74, 6) is 0. The number of nitrogens with zero attached hydrogens (tertiary/aromatic N) is 2. The molecule has 0 spiro atoms.